The monoisotopic (exact) mass is 699 g/mol. The number of Topliss-reactive ketones (excluding diaryl/α,β-unsaturated/α-hetero) is 1. The van der Waals surface area contributed by atoms with E-state index in [4.69, 9.17) is 4.74 Å². The van der Waals surface area contributed by atoms with E-state index in [1.54, 1.807) is 13.8 Å². The van der Waals surface area contributed by atoms with E-state index in [0.717, 1.165) is 81.5 Å². The average Bonchev–Trinajstić information content (AvgIpc) is 3.32. The molecule has 0 aromatic heterocycles. The summed E-state index contributed by atoms with van der Waals surface area (Å²) < 4.78 is 6.16. The molecule has 6 rings (SSSR count). The second-order valence-corrected chi connectivity index (χ2v) is 20.7. The van der Waals surface area contributed by atoms with Gasteiger partial charge in [-0.3, -0.25) is 19.3 Å². The molecule has 4 saturated carbocycles. The molecule has 9 unspecified atom stereocenters. The highest BCUT2D eigenvalue weighted by atomic mass is 32.2. The van der Waals surface area contributed by atoms with Gasteiger partial charge >= 0.3 is 11.9 Å². The number of esters is 1. The number of thioether (sulfide) groups is 1. The van der Waals surface area contributed by atoms with Crippen LogP contribution < -0.4 is 0 Å². The number of carboxylic acids is 1. The first-order chi connectivity index (χ1) is 22.7. The van der Waals surface area contributed by atoms with Crippen molar-refractivity contribution in [2.45, 2.75) is 139 Å². The first kappa shape index (κ1) is 37.4. The van der Waals surface area contributed by atoms with Crippen LogP contribution in [0.1, 0.15) is 127 Å². The third-order valence-corrected chi connectivity index (χ3v) is 17.0. The van der Waals surface area contributed by atoms with Gasteiger partial charge in [0.15, 0.2) is 5.78 Å². The van der Waals surface area contributed by atoms with Crippen molar-refractivity contribution >= 4 is 29.5 Å². The van der Waals surface area contributed by atoms with Crippen LogP contribution in [0.15, 0.2) is 11.1 Å². The maximum Gasteiger partial charge on any atom is 0.309 e. The Labute approximate surface area is 300 Å². The molecule has 6 aliphatic rings. The number of aliphatic hydroxyl groups is 1. The molecular weight excluding hydrogens is 635 g/mol. The molecule has 8 heteroatoms. The van der Waals surface area contributed by atoms with E-state index >= 15 is 0 Å². The van der Waals surface area contributed by atoms with E-state index in [2.05, 4.69) is 53.4 Å². The molecule has 9 atom stereocenters. The van der Waals surface area contributed by atoms with Crippen molar-refractivity contribution in [3.8, 4) is 0 Å². The summed E-state index contributed by atoms with van der Waals surface area (Å²) in [5.41, 5.74) is 0.801. The van der Waals surface area contributed by atoms with Gasteiger partial charge < -0.3 is 14.9 Å². The van der Waals surface area contributed by atoms with Crippen molar-refractivity contribution in [3.05, 3.63) is 11.1 Å². The minimum Gasteiger partial charge on any atom is -0.481 e. The van der Waals surface area contributed by atoms with Gasteiger partial charge in [0.25, 0.3) is 0 Å². The lowest BCUT2D eigenvalue weighted by molar-refractivity contribution is -0.235. The quantitative estimate of drug-likeness (QED) is 0.248. The number of ether oxygens (including phenoxy) is 1. The molecule has 0 bridgehead atoms. The molecule has 0 aromatic carbocycles. The summed E-state index contributed by atoms with van der Waals surface area (Å²) in [5, 5.41) is 21.8. The zero-order valence-electron chi connectivity index (χ0n) is 32.0. The van der Waals surface area contributed by atoms with Crippen molar-refractivity contribution in [2.24, 2.45) is 56.2 Å². The number of allylic oxidation sites excluding steroid dienone is 1. The third kappa shape index (κ3) is 5.70. The summed E-state index contributed by atoms with van der Waals surface area (Å²) in [7, 11) is 0. The zero-order chi connectivity index (χ0) is 35.9. The molecule has 5 fully saturated rings. The number of carboxylic acid groups (broad SMARTS) is 1. The van der Waals surface area contributed by atoms with Crippen molar-refractivity contribution in [2.75, 3.05) is 31.1 Å². The largest absolute Gasteiger partial charge is 0.481 e. The van der Waals surface area contributed by atoms with E-state index in [9.17, 15) is 24.6 Å². The highest BCUT2D eigenvalue weighted by molar-refractivity contribution is 7.99. The van der Waals surface area contributed by atoms with Crippen LogP contribution in [-0.4, -0.2) is 76.2 Å². The molecular formula is C41H65NO6S. The number of rotatable bonds is 8. The lowest BCUT2D eigenvalue weighted by Crippen LogP contribution is -2.66. The standard InChI is InChI=1S/C41H65NO6S/c1-25(2)33-27(43)22-41(30(44)24-42-18-20-49-21-19-42)17-16-39(8)26(34(33)41)10-11-29-38(7)14-13-31(48-32(45)23-36(3,4)35(46)47)37(5,6)28(38)12-15-40(29,39)9/h25-26,28-31,44H,10-24H2,1-9H3,(H,46,47). The van der Waals surface area contributed by atoms with E-state index in [1.807, 2.05) is 11.8 Å². The highest BCUT2D eigenvalue weighted by Crippen LogP contribution is 2.77. The van der Waals surface area contributed by atoms with Crippen LogP contribution in [0, 0.1) is 56.2 Å². The van der Waals surface area contributed by atoms with Crippen LogP contribution in [0.4, 0.5) is 0 Å². The van der Waals surface area contributed by atoms with Crippen molar-refractivity contribution in [1.29, 1.82) is 0 Å². The summed E-state index contributed by atoms with van der Waals surface area (Å²) >= 11 is 1.99. The van der Waals surface area contributed by atoms with Crippen LogP contribution in [0.25, 0.3) is 0 Å². The maximum absolute atomic E-state index is 14.0. The number of aliphatic hydroxyl groups excluding tert-OH is 1. The number of β-amino-alcohol motifs (C(OH)–C–C–N with tert-alkyl or cyclic N) is 1. The summed E-state index contributed by atoms with van der Waals surface area (Å²) in [6.07, 6.45) is 7.71. The summed E-state index contributed by atoms with van der Waals surface area (Å²) in [6.45, 7) is 22.5. The first-order valence-corrected chi connectivity index (χ1v) is 20.6. The van der Waals surface area contributed by atoms with Crippen LogP contribution >= 0.6 is 11.8 Å². The van der Waals surface area contributed by atoms with Gasteiger partial charge in [0.2, 0.25) is 0 Å². The van der Waals surface area contributed by atoms with Gasteiger partial charge in [-0.15, -0.1) is 0 Å². The Balaban J connectivity index is 1.29. The van der Waals surface area contributed by atoms with Gasteiger partial charge in [-0.05, 0) is 111 Å². The predicted octanol–water partition coefficient (Wildman–Crippen LogP) is 7.79. The topological polar surface area (TPSA) is 104 Å². The number of fused-ring (bicyclic) bond motifs is 7. The van der Waals surface area contributed by atoms with E-state index < -0.39 is 28.9 Å². The minimum absolute atomic E-state index is 0.0326. The number of carbonyl (C=O) groups is 3. The Kier molecular flexibility index (Phi) is 9.64. The molecule has 0 radical (unpaired) electrons. The Morgan fingerprint density at radius 3 is 2.24 bits per heavy atom. The molecule has 7 nitrogen and oxygen atoms in total. The minimum atomic E-state index is -1.15. The molecule has 0 amide bonds. The SMILES string of the molecule is CC(C)C1=C2C3CCC4C5(C)CCC(OC(=O)CC(C)(C)C(=O)O)C(C)(C)C5CCC4(C)C3(C)CCC2(C(O)CN2CCSCC2)CC1=O. The van der Waals surface area contributed by atoms with Gasteiger partial charge in [0.1, 0.15) is 6.10 Å². The zero-order valence-corrected chi connectivity index (χ0v) is 32.8. The van der Waals surface area contributed by atoms with Gasteiger partial charge in [0.05, 0.1) is 17.9 Å². The molecule has 1 aliphatic heterocycles. The summed E-state index contributed by atoms with van der Waals surface area (Å²) in [6, 6.07) is 0. The number of aliphatic carboxylic acids is 1. The molecule has 2 N–H and O–H groups in total. The molecule has 276 valence electrons. The fourth-order valence-corrected chi connectivity index (χ4v) is 14.1. The lowest BCUT2D eigenvalue weighted by Gasteiger charge is -2.72. The molecule has 1 saturated heterocycles. The van der Waals surface area contributed by atoms with Gasteiger partial charge in [-0.25, -0.2) is 0 Å². The Bertz CT molecular complexity index is 1380. The second kappa shape index (κ2) is 12.6. The van der Waals surface area contributed by atoms with Gasteiger partial charge in [-0.2, -0.15) is 11.8 Å². The molecule has 49 heavy (non-hydrogen) atoms. The Hall–Kier alpha value is -1.38. The van der Waals surface area contributed by atoms with Crippen molar-refractivity contribution in [3.63, 3.8) is 0 Å². The van der Waals surface area contributed by atoms with Gasteiger partial charge in [0, 0.05) is 48.4 Å². The number of hydrogen-bond donors (Lipinski definition) is 2. The fraction of sp³-hybridized carbons (Fsp3) is 0.878. The van der Waals surface area contributed by atoms with E-state index in [0.29, 0.717) is 30.7 Å². The second-order valence-electron chi connectivity index (χ2n) is 19.5. The molecule has 0 spiro atoms. The fourth-order valence-electron chi connectivity index (χ4n) is 13.1. The van der Waals surface area contributed by atoms with E-state index in [1.165, 1.54) is 5.57 Å². The smallest absolute Gasteiger partial charge is 0.309 e. The van der Waals surface area contributed by atoms with Gasteiger partial charge in [-0.1, -0.05) is 54.0 Å². The molecule has 1 heterocycles. The number of hydrogen-bond acceptors (Lipinski definition) is 7. The van der Waals surface area contributed by atoms with Crippen molar-refractivity contribution < 1.29 is 29.3 Å². The van der Waals surface area contributed by atoms with Crippen LogP contribution in [0.5, 0.6) is 0 Å². The van der Waals surface area contributed by atoms with Crippen molar-refractivity contribution in [1.82, 2.24) is 4.90 Å². The normalized spacial score (nSPS) is 41.4. The molecule has 5 aliphatic carbocycles. The first-order valence-electron chi connectivity index (χ1n) is 19.4. The Morgan fingerprint density at radius 2 is 1.61 bits per heavy atom. The van der Waals surface area contributed by atoms with Crippen LogP contribution in [0.2, 0.25) is 0 Å². The van der Waals surface area contributed by atoms with E-state index in [-0.39, 0.29) is 45.9 Å². The van der Waals surface area contributed by atoms with Crippen LogP contribution in [-0.2, 0) is 19.1 Å². The Morgan fingerprint density at radius 1 is 0.939 bits per heavy atom. The third-order valence-electron chi connectivity index (χ3n) is 16.0. The lowest BCUT2D eigenvalue weighted by atomic mass is 9.33. The number of carbonyl (C=O) groups excluding carboxylic acids is 2. The summed E-state index contributed by atoms with van der Waals surface area (Å²) in [5.74, 6) is 2.49. The average molecular weight is 700 g/mol. The maximum atomic E-state index is 14.0. The predicted molar refractivity (Wildman–Crippen MR) is 195 cm³/mol. The van der Waals surface area contributed by atoms with Crippen LogP contribution in [0.3, 0.4) is 0 Å². The molecule has 0 aromatic rings. The summed E-state index contributed by atoms with van der Waals surface area (Å²) in [4.78, 5) is 41.2. The highest BCUT2D eigenvalue weighted by Gasteiger charge is 2.70. The number of ketones is 1. The number of nitrogens with zero attached hydrogens (tertiary/aromatic N) is 1.